The fourth-order valence-corrected chi connectivity index (χ4v) is 0.382. The van der Waals surface area contributed by atoms with Crippen molar-refractivity contribution in [2.24, 2.45) is 0 Å². The second-order valence-electron chi connectivity index (χ2n) is 1.17. The number of carboxylic acid groups (broad SMARTS) is 1. The molecule has 9 heavy (non-hydrogen) atoms. The number of nitriles is 1. The number of thiocyanates is 1. The first kappa shape index (κ1) is 12.6. The number of rotatable bonds is 2. The molecule has 0 aromatic carbocycles. The third kappa shape index (κ3) is 6.84. The largest absolute Gasteiger partial charge is 1.00 e. The van der Waals surface area contributed by atoms with E-state index in [9.17, 15) is 9.90 Å². The van der Waals surface area contributed by atoms with Crippen molar-refractivity contribution in [3.63, 3.8) is 0 Å². The number of nitrogens with zero attached hydrogens (tertiary/aromatic N) is 1. The number of hydrogen-bond donors (Lipinski definition) is 0. The molecule has 0 aromatic rings. The summed E-state index contributed by atoms with van der Waals surface area (Å²) in [5.41, 5.74) is 0. The molecule has 1 atom stereocenters. The summed E-state index contributed by atoms with van der Waals surface area (Å²) in [4.78, 5) is 9.81. The Hall–Kier alpha value is 0.946. The summed E-state index contributed by atoms with van der Waals surface area (Å²) in [6, 6.07) is 0. The monoisotopic (exact) mass is 169 g/mol. The molecule has 44 valence electrons. The molecule has 0 fully saturated rings. The van der Waals surface area contributed by atoms with Gasteiger partial charge in [0, 0.05) is 0 Å². The van der Waals surface area contributed by atoms with Gasteiger partial charge in [-0.1, -0.05) is 0 Å². The van der Waals surface area contributed by atoms with Gasteiger partial charge in [0.15, 0.2) is 0 Å². The summed E-state index contributed by atoms with van der Waals surface area (Å²) in [7, 11) is 0. The van der Waals surface area contributed by atoms with Crippen LogP contribution < -0.4 is 56.5 Å². The van der Waals surface area contributed by atoms with E-state index < -0.39 is 11.2 Å². The van der Waals surface area contributed by atoms with Crippen LogP contribution >= 0.6 is 11.8 Å². The Bertz CT molecular complexity index is 133. The van der Waals surface area contributed by atoms with Crippen molar-refractivity contribution < 1.29 is 61.3 Å². The minimum atomic E-state index is -1.20. The molecule has 0 radical (unpaired) electrons. The maximum Gasteiger partial charge on any atom is 1.00 e. The number of carboxylic acids is 1. The molecule has 0 heterocycles. The van der Waals surface area contributed by atoms with E-state index in [1.165, 1.54) is 6.92 Å². The first-order chi connectivity index (χ1) is 3.68. The second-order valence-corrected chi connectivity index (χ2v) is 2.30. The second kappa shape index (κ2) is 7.06. The van der Waals surface area contributed by atoms with Crippen LogP contribution in [0.15, 0.2) is 0 Å². The Labute approximate surface area is 100 Å². The van der Waals surface area contributed by atoms with Crippen molar-refractivity contribution >= 4 is 17.7 Å². The zero-order chi connectivity index (χ0) is 6.57. The quantitative estimate of drug-likeness (QED) is 0.316. The van der Waals surface area contributed by atoms with Crippen LogP contribution in [0, 0.1) is 10.7 Å². The third-order valence-corrected chi connectivity index (χ3v) is 1.21. The molecular formula is C4H4KNO2S. The van der Waals surface area contributed by atoms with Gasteiger partial charge in [-0.2, -0.15) is 5.26 Å². The normalized spacial score (nSPS) is 10.7. The topological polar surface area (TPSA) is 63.9 Å². The molecule has 3 nitrogen and oxygen atoms in total. The maximum atomic E-state index is 9.81. The smallest absolute Gasteiger partial charge is 0.549 e. The van der Waals surface area contributed by atoms with E-state index in [0.29, 0.717) is 11.8 Å². The fourth-order valence-electron chi connectivity index (χ4n) is 0.127. The molecule has 0 N–H and O–H groups in total. The predicted molar refractivity (Wildman–Crippen MR) is 27.7 cm³/mol. The number of carbonyl (C=O) groups excluding carboxylic acids is 1. The maximum absolute atomic E-state index is 9.81. The van der Waals surface area contributed by atoms with Crippen molar-refractivity contribution in [2.75, 3.05) is 0 Å². The van der Waals surface area contributed by atoms with Gasteiger partial charge in [0.25, 0.3) is 0 Å². The molecule has 0 amide bonds. The number of hydrogen-bond acceptors (Lipinski definition) is 4. The Kier molecular flexibility index (Phi) is 9.89. The van der Waals surface area contributed by atoms with E-state index in [-0.39, 0.29) is 51.4 Å². The van der Waals surface area contributed by atoms with Crippen LogP contribution in [-0.4, -0.2) is 11.2 Å². The molecule has 0 unspecified atom stereocenters. The first-order valence-corrected chi connectivity index (χ1v) is 2.82. The minimum absolute atomic E-state index is 0. The van der Waals surface area contributed by atoms with Crippen molar-refractivity contribution in [3.8, 4) is 5.40 Å². The Morgan fingerprint density at radius 2 is 2.33 bits per heavy atom. The predicted octanol–water partition coefficient (Wildman–Crippen LogP) is -3.66. The van der Waals surface area contributed by atoms with E-state index in [1.54, 1.807) is 5.40 Å². The molecular weight excluding hydrogens is 165 g/mol. The van der Waals surface area contributed by atoms with E-state index in [4.69, 9.17) is 5.26 Å². The summed E-state index contributed by atoms with van der Waals surface area (Å²) in [6.07, 6.45) is 0. The number of carbonyl (C=O) groups is 1. The van der Waals surface area contributed by atoms with Gasteiger partial charge in [-0.25, -0.2) is 0 Å². The molecule has 0 aromatic heterocycles. The zero-order valence-electron chi connectivity index (χ0n) is 5.25. The molecule has 0 rings (SSSR count). The van der Waals surface area contributed by atoms with Crippen LogP contribution in [0.25, 0.3) is 0 Å². The van der Waals surface area contributed by atoms with Crippen LogP contribution in [0.2, 0.25) is 0 Å². The Morgan fingerprint density at radius 3 is 2.44 bits per heavy atom. The number of aliphatic carboxylic acids is 1. The van der Waals surface area contributed by atoms with Crippen molar-refractivity contribution in [1.82, 2.24) is 0 Å². The molecule has 0 saturated heterocycles. The van der Waals surface area contributed by atoms with Crippen molar-refractivity contribution in [2.45, 2.75) is 12.2 Å². The standard InChI is InChI=1S/C4H5NO2S.K/c1-3(4(6)7)8-2-5;/h3H,1H3,(H,6,7);/q;+1/p-1/t3-;/m0./s1. The molecule has 0 spiro atoms. The summed E-state index contributed by atoms with van der Waals surface area (Å²) < 4.78 is 0. The molecule has 0 aliphatic rings. The SMILES string of the molecule is C[C@H](SC#N)C(=O)[O-].[K+]. The van der Waals surface area contributed by atoms with Crippen molar-refractivity contribution in [1.29, 1.82) is 5.26 Å². The molecule has 0 aliphatic heterocycles. The average Bonchev–Trinajstić information content (AvgIpc) is 1.67. The zero-order valence-corrected chi connectivity index (χ0v) is 9.19. The molecule has 0 aliphatic carbocycles. The number of thioether (sulfide) groups is 1. The van der Waals surface area contributed by atoms with Crippen LogP contribution in [0.1, 0.15) is 6.92 Å². The van der Waals surface area contributed by atoms with Gasteiger partial charge in [0.1, 0.15) is 5.40 Å². The van der Waals surface area contributed by atoms with Crippen LogP contribution in [0.3, 0.4) is 0 Å². The first-order valence-electron chi connectivity index (χ1n) is 1.94. The third-order valence-electron chi connectivity index (χ3n) is 0.561. The van der Waals surface area contributed by atoms with Gasteiger partial charge in [0.05, 0.1) is 11.2 Å². The van der Waals surface area contributed by atoms with Crippen LogP contribution in [0.5, 0.6) is 0 Å². The summed E-state index contributed by atoms with van der Waals surface area (Å²) in [5, 5.41) is 18.6. The van der Waals surface area contributed by atoms with E-state index >= 15 is 0 Å². The summed E-state index contributed by atoms with van der Waals surface area (Å²) >= 11 is 0.683. The molecule has 5 heteroatoms. The van der Waals surface area contributed by atoms with Gasteiger partial charge in [-0.3, -0.25) is 0 Å². The fraction of sp³-hybridized carbons (Fsp3) is 0.500. The van der Waals surface area contributed by atoms with E-state index in [0.717, 1.165) is 0 Å². The molecule has 0 saturated carbocycles. The summed E-state index contributed by atoms with van der Waals surface area (Å²) in [5.74, 6) is -1.20. The van der Waals surface area contributed by atoms with E-state index in [2.05, 4.69) is 0 Å². The summed E-state index contributed by atoms with van der Waals surface area (Å²) in [6.45, 7) is 1.41. The van der Waals surface area contributed by atoms with Gasteiger partial charge in [-0.15, -0.1) is 0 Å². The van der Waals surface area contributed by atoms with Gasteiger partial charge in [-0.05, 0) is 18.7 Å². The Morgan fingerprint density at radius 1 is 1.89 bits per heavy atom. The van der Waals surface area contributed by atoms with Crippen LogP contribution in [-0.2, 0) is 4.79 Å². The van der Waals surface area contributed by atoms with Crippen LogP contribution in [0.4, 0.5) is 0 Å². The van der Waals surface area contributed by atoms with Gasteiger partial charge in [0.2, 0.25) is 0 Å². The van der Waals surface area contributed by atoms with Gasteiger partial charge < -0.3 is 9.90 Å². The van der Waals surface area contributed by atoms with Crippen molar-refractivity contribution in [3.05, 3.63) is 0 Å². The molecule has 0 bridgehead atoms. The average molecular weight is 169 g/mol. The van der Waals surface area contributed by atoms with Gasteiger partial charge >= 0.3 is 51.4 Å². The Balaban J connectivity index is 0. The minimum Gasteiger partial charge on any atom is -0.549 e. The van der Waals surface area contributed by atoms with E-state index in [1.807, 2.05) is 0 Å².